The van der Waals surface area contributed by atoms with Crippen molar-refractivity contribution in [2.24, 2.45) is 0 Å². The van der Waals surface area contributed by atoms with Gasteiger partial charge in [0.25, 0.3) is 0 Å². The smallest absolute Gasteiger partial charge is 0.422 e. The van der Waals surface area contributed by atoms with Crippen molar-refractivity contribution in [3.63, 3.8) is 0 Å². The first-order valence-electron chi connectivity index (χ1n) is 6.10. The van der Waals surface area contributed by atoms with Crippen LogP contribution < -0.4 is 4.72 Å². The summed E-state index contributed by atoms with van der Waals surface area (Å²) >= 11 is 1.08. The molecule has 1 atom stereocenters. The van der Waals surface area contributed by atoms with Crippen LogP contribution in [0, 0.1) is 0 Å². The molecule has 6 nitrogen and oxygen atoms in total. The topological polar surface area (TPSA) is 67.9 Å². The van der Waals surface area contributed by atoms with E-state index in [2.05, 4.69) is 4.72 Å². The van der Waals surface area contributed by atoms with Crippen molar-refractivity contribution in [1.82, 2.24) is 9.03 Å². The third-order valence-electron chi connectivity index (χ3n) is 2.45. The van der Waals surface area contributed by atoms with Crippen LogP contribution in [0.4, 0.5) is 4.79 Å². The number of nitrogens with one attached hydrogen (secondary N) is 1. The molecule has 0 aromatic rings. The zero-order chi connectivity index (χ0) is 14.8. The molecule has 1 fully saturated rings. The van der Waals surface area contributed by atoms with Crippen molar-refractivity contribution in [1.29, 1.82) is 0 Å². The van der Waals surface area contributed by atoms with Crippen LogP contribution in [0.2, 0.25) is 0 Å². The van der Waals surface area contributed by atoms with E-state index in [0.717, 1.165) is 12.1 Å². The minimum atomic E-state index is -0.652. The minimum Gasteiger partial charge on any atom is -0.467 e. The van der Waals surface area contributed by atoms with E-state index in [9.17, 15) is 9.59 Å². The first-order chi connectivity index (χ1) is 8.56. The highest BCUT2D eigenvalue weighted by molar-refractivity contribution is 7.95. The van der Waals surface area contributed by atoms with Crippen molar-refractivity contribution in [3.8, 4) is 0 Å². The van der Waals surface area contributed by atoms with Gasteiger partial charge in [0.05, 0.1) is 7.11 Å². The maximum absolute atomic E-state index is 12.1. The molecular formula is C12H22N2O4S. The van der Waals surface area contributed by atoms with Crippen LogP contribution in [0.5, 0.6) is 0 Å². The number of rotatable bonds is 1. The van der Waals surface area contributed by atoms with E-state index < -0.39 is 23.7 Å². The van der Waals surface area contributed by atoms with Gasteiger partial charge in [-0.25, -0.2) is 18.6 Å². The molecule has 110 valence electrons. The highest BCUT2D eigenvalue weighted by Crippen LogP contribution is 2.31. The molecule has 0 radical (unpaired) electrons. The van der Waals surface area contributed by atoms with Gasteiger partial charge in [-0.1, -0.05) is 0 Å². The molecule has 1 amide bonds. The van der Waals surface area contributed by atoms with Gasteiger partial charge in [0.15, 0.2) is 0 Å². The molecule has 1 rings (SSSR count). The molecule has 1 saturated heterocycles. The number of carbonyl (C=O) groups excluding carboxylic acids is 2. The summed E-state index contributed by atoms with van der Waals surface area (Å²) < 4.78 is 14.5. The highest BCUT2D eigenvalue weighted by Gasteiger charge is 2.42. The fraction of sp³-hybridized carbons (Fsp3) is 0.833. The molecule has 1 aliphatic rings. The van der Waals surface area contributed by atoms with Gasteiger partial charge in [0, 0.05) is 17.7 Å². The molecule has 19 heavy (non-hydrogen) atoms. The summed E-state index contributed by atoms with van der Waals surface area (Å²) in [5.74, 6) is -0.437. The number of ether oxygens (including phenoxy) is 2. The summed E-state index contributed by atoms with van der Waals surface area (Å²) in [7, 11) is 1.31. The molecule has 0 bridgehead atoms. The van der Waals surface area contributed by atoms with Gasteiger partial charge in [-0.2, -0.15) is 0 Å². The van der Waals surface area contributed by atoms with Crippen LogP contribution in [0.25, 0.3) is 0 Å². The molecule has 7 heteroatoms. The van der Waals surface area contributed by atoms with Crippen LogP contribution in [0.1, 0.15) is 41.0 Å². The number of carbonyl (C=O) groups is 2. The Bertz CT molecular complexity index is 365. The standard InChI is InChI=1S/C12H22N2O4S/c1-11(2,3)18-10(16)14-8(9(15)17-6)7-12(4,5)13-19-14/h8,13H,7H2,1-6H3/t8-/m0/s1. The molecule has 0 aliphatic carbocycles. The summed E-state index contributed by atoms with van der Waals surface area (Å²) in [5, 5.41) is 0. The van der Waals surface area contributed by atoms with Crippen LogP contribution in [0.15, 0.2) is 0 Å². The number of hydrogen-bond donors (Lipinski definition) is 1. The average Bonchev–Trinajstić information content (AvgIpc) is 2.24. The zero-order valence-corrected chi connectivity index (χ0v) is 13.1. The molecule has 1 heterocycles. The SMILES string of the molecule is COC(=O)[C@@H]1CC(C)(C)NSN1C(=O)OC(C)(C)C. The zero-order valence-electron chi connectivity index (χ0n) is 12.3. The van der Waals surface area contributed by atoms with Gasteiger partial charge in [0.2, 0.25) is 0 Å². The van der Waals surface area contributed by atoms with Crippen LogP contribution in [-0.2, 0) is 14.3 Å². The fourth-order valence-corrected chi connectivity index (χ4v) is 2.46. The Labute approximate surface area is 118 Å². The monoisotopic (exact) mass is 290 g/mol. The second-order valence-corrected chi connectivity index (χ2v) is 6.91. The lowest BCUT2D eigenvalue weighted by atomic mass is 9.96. The number of amides is 1. The first-order valence-corrected chi connectivity index (χ1v) is 6.87. The second kappa shape index (κ2) is 5.58. The molecule has 0 aromatic heterocycles. The van der Waals surface area contributed by atoms with Crippen molar-refractivity contribution in [2.45, 2.75) is 58.2 Å². The summed E-state index contributed by atoms with van der Waals surface area (Å²) in [5.41, 5.74) is -0.868. The van der Waals surface area contributed by atoms with E-state index in [4.69, 9.17) is 9.47 Å². The third kappa shape index (κ3) is 4.58. The molecular weight excluding hydrogens is 268 g/mol. The van der Waals surface area contributed by atoms with E-state index in [1.807, 2.05) is 13.8 Å². The third-order valence-corrected chi connectivity index (χ3v) is 3.70. The van der Waals surface area contributed by atoms with E-state index in [0.29, 0.717) is 6.42 Å². The molecule has 0 aromatic carbocycles. The van der Waals surface area contributed by atoms with E-state index >= 15 is 0 Å². The Morgan fingerprint density at radius 3 is 2.42 bits per heavy atom. The van der Waals surface area contributed by atoms with Crippen LogP contribution >= 0.6 is 12.1 Å². The molecule has 0 unspecified atom stereocenters. The van der Waals surface area contributed by atoms with Gasteiger partial charge in [-0.05, 0) is 41.0 Å². The van der Waals surface area contributed by atoms with Crippen LogP contribution in [-0.4, -0.2) is 40.7 Å². The number of hydrogen-bond acceptors (Lipinski definition) is 6. The lowest BCUT2D eigenvalue weighted by Crippen LogP contribution is -2.56. The number of methoxy groups -OCH3 is 1. The van der Waals surface area contributed by atoms with Crippen molar-refractivity contribution >= 4 is 24.2 Å². The second-order valence-electron chi connectivity index (χ2n) is 6.13. The van der Waals surface area contributed by atoms with Gasteiger partial charge >= 0.3 is 12.1 Å². The Hall–Kier alpha value is -0.950. The Kier molecular flexibility index (Phi) is 4.73. The van der Waals surface area contributed by atoms with Gasteiger partial charge in [0.1, 0.15) is 11.6 Å². The van der Waals surface area contributed by atoms with Crippen LogP contribution in [0.3, 0.4) is 0 Å². The normalized spacial score (nSPS) is 22.8. The van der Waals surface area contributed by atoms with Gasteiger partial charge in [-0.15, -0.1) is 0 Å². The lowest BCUT2D eigenvalue weighted by Gasteiger charge is -2.41. The average molecular weight is 290 g/mol. The predicted octanol–water partition coefficient (Wildman–Crippen LogP) is 2.10. The van der Waals surface area contributed by atoms with E-state index in [-0.39, 0.29) is 5.54 Å². The minimum absolute atomic E-state index is 0.262. The Balaban J connectivity index is 2.85. The quantitative estimate of drug-likeness (QED) is 0.589. The first kappa shape index (κ1) is 16.1. The molecule has 1 aliphatic heterocycles. The molecule has 1 N–H and O–H groups in total. The maximum atomic E-state index is 12.1. The molecule has 0 spiro atoms. The van der Waals surface area contributed by atoms with E-state index in [1.54, 1.807) is 20.8 Å². The summed E-state index contributed by atoms with van der Waals surface area (Å²) in [6, 6.07) is -0.652. The van der Waals surface area contributed by atoms with E-state index in [1.165, 1.54) is 11.4 Å². The van der Waals surface area contributed by atoms with Crippen molar-refractivity contribution in [3.05, 3.63) is 0 Å². The Morgan fingerprint density at radius 2 is 1.95 bits per heavy atom. The Morgan fingerprint density at radius 1 is 1.37 bits per heavy atom. The highest BCUT2D eigenvalue weighted by atomic mass is 32.2. The predicted molar refractivity (Wildman–Crippen MR) is 73.3 cm³/mol. The summed E-state index contributed by atoms with van der Waals surface area (Å²) in [4.78, 5) is 23.9. The summed E-state index contributed by atoms with van der Waals surface area (Å²) in [6.45, 7) is 9.27. The van der Waals surface area contributed by atoms with Gasteiger partial charge in [-0.3, -0.25) is 0 Å². The molecule has 0 saturated carbocycles. The maximum Gasteiger partial charge on any atom is 0.422 e. The summed E-state index contributed by atoms with van der Waals surface area (Å²) in [6.07, 6.45) is -0.0813. The lowest BCUT2D eigenvalue weighted by molar-refractivity contribution is -0.146. The largest absolute Gasteiger partial charge is 0.467 e. The van der Waals surface area contributed by atoms with Gasteiger partial charge < -0.3 is 9.47 Å². The van der Waals surface area contributed by atoms with Crippen molar-refractivity contribution < 1.29 is 19.1 Å². The fourth-order valence-electron chi connectivity index (χ4n) is 1.63. The number of nitrogens with zero attached hydrogens (tertiary/aromatic N) is 1. The number of esters is 1. The van der Waals surface area contributed by atoms with Crippen molar-refractivity contribution in [2.75, 3.05) is 7.11 Å².